The Labute approximate surface area is 175 Å². The second-order valence-electron chi connectivity index (χ2n) is 10.7. The molecule has 2 atom stereocenters. The highest BCUT2D eigenvalue weighted by molar-refractivity contribution is 5.34. The minimum absolute atomic E-state index is 0.158. The second-order valence-corrected chi connectivity index (χ2v) is 10.7. The molecule has 2 unspecified atom stereocenters. The van der Waals surface area contributed by atoms with E-state index in [0.717, 1.165) is 13.2 Å². The third-order valence-corrected chi connectivity index (χ3v) is 6.21. The first kappa shape index (κ1) is 20.6. The average Bonchev–Trinajstić information content (AvgIpc) is 3.57. The van der Waals surface area contributed by atoms with E-state index in [9.17, 15) is 0 Å². The third kappa shape index (κ3) is 4.28. The number of rotatable bonds is 6. The van der Waals surface area contributed by atoms with Gasteiger partial charge in [0.15, 0.2) is 0 Å². The Bertz CT molecular complexity index is 769. The van der Waals surface area contributed by atoms with Crippen molar-refractivity contribution in [2.75, 3.05) is 26.4 Å². The van der Waals surface area contributed by atoms with Crippen molar-refractivity contribution in [3.8, 4) is 0 Å². The van der Waals surface area contributed by atoms with E-state index >= 15 is 0 Å². The summed E-state index contributed by atoms with van der Waals surface area (Å²) in [5, 5.41) is 0. The third-order valence-electron chi connectivity index (χ3n) is 6.21. The van der Waals surface area contributed by atoms with Gasteiger partial charge in [0.25, 0.3) is 0 Å². The smallest absolute Gasteiger partial charge is 0.140 e. The lowest BCUT2D eigenvalue weighted by atomic mass is 9.85. The van der Waals surface area contributed by atoms with E-state index in [2.05, 4.69) is 90.1 Å². The first-order chi connectivity index (χ1) is 13.5. The second kappa shape index (κ2) is 6.94. The molecule has 2 aliphatic rings. The van der Waals surface area contributed by atoms with Crippen LogP contribution in [0.2, 0.25) is 0 Å². The van der Waals surface area contributed by atoms with Gasteiger partial charge in [0.05, 0.1) is 26.4 Å². The zero-order chi connectivity index (χ0) is 20.9. The summed E-state index contributed by atoms with van der Waals surface area (Å²) in [5.41, 5.74) is 4.81. The quantitative estimate of drug-likeness (QED) is 0.611. The van der Waals surface area contributed by atoms with Crippen LogP contribution in [0, 0.1) is 0 Å². The summed E-state index contributed by atoms with van der Waals surface area (Å²) in [6.07, 6.45) is 0. The molecule has 0 radical (unpaired) electrons. The first-order valence-electron chi connectivity index (χ1n) is 10.6. The summed E-state index contributed by atoms with van der Waals surface area (Å²) in [4.78, 5) is 0. The predicted octanol–water partition coefficient (Wildman–Crippen LogP) is 5.45. The minimum Gasteiger partial charge on any atom is -0.375 e. The highest BCUT2D eigenvalue weighted by Gasteiger charge is 2.50. The summed E-state index contributed by atoms with van der Waals surface area (Å²) in [6.45, 7) is 16.0. The molecule has 29 heavy (non-hydrogen) atoms. The molecule has 156 valence electrons. The van der Waals surface area contributed by atoms with Crippen LogP contribution < -0.4 is 0 Å². The monoisotopic (exact) mass is 394 g/mol. The van der Waals surface area contributed by atoms with Crippen molar-refractivity contribution < 1.29 is 14.2 Å². The molecule has 2 saturated heterocycles. The van der Waals surface area contributed by atoms with Gasteiger partial charge in [-0.3, -0.25) is 0 Å². The fourth-order valence-electron chi connectivity index (χ4n) is 3.77. The molecule has 0 aliphatic carbocycles. The standard InChI is InChI=1S/C26H34O3/c1-23(2,3)19-7-11-21(12-8-19)25(17-28-25)15-27-16-26(18-29-26)22-13-9-20(10-14-22)24(4,5)6/h7-14H,15-18H2,1-6H3. The summed E-state index contributed by atoms with van der Waals surface area (Å²) < 4.78 is 17.8. The van der Waals surface area contributed by atoms with Gasteiger partial charge < -0.3 is 14.2 Å². The fourth-order valence-corrected chi connectivity index (χ4v) is 3.77. The van der Waals surface area contributed by atoms with Gasteiger partial charge in [0.1, 0.15) is 11.2 Å². The molecule has 3 nitrogen and oxygen atoms in total. The molecule has 4 rings (SSSR count). The molecule has 2 fully saturated rings. The number of hydrogen-bond donors (Lipinski definition) is 0. The van der Waals surface area contributed by atoms with Crippen molar-refractivity contribution >= 4 is 0 Å². The zero-order valence-electron chi connectivity index (χ0n) is 18.7. The molecular formula is C26H34O3. The zero-order valence-corrected chi connectivity index (χ0v) is 18.7. The molecule has 0 N–H and O–H groups in total. The maximum Gasteiger partial charge on any atom is 0.140 e. The molecule has 0 bridgehead atoms. The van der Waals surface area contributed by atoms with Crippen molar-refractivity contribution in [2.24, 2.45) is 0 Å². The van der Waals surface area contributed by atoms with Crippen molar-refractivity contribution in [2.45, 2.75) is 63.6 Å². The Balaban J connectivity index is 1.37. The Kier molecular flexibility index (Phi) is 4.92. The van der Waals surface area contributed by atoms with Crippen LogP contribution in [0.4, 0.5) is 0 Å². The summed E-state index contributed by atoms with van der Waals surface area (Å²) in [6, 6.07) is 17.6. The van der Waals surface area contributed by atoms with E-state index in [1.807, 2.05) is 0 Å². The van der Waals surface area contributed by atoms with Crippen molar-refractivity contribution in [1.82, 2.24) is 0 Å². The van der Waals surface area contributed by atoms with Crippen LogP contribution in [0.25, 0.3) is 0 Å². The Morgan fingerprint density at radius 3 is 1.21 bits per heavy atom. The highest BCUT2D eigenvalue weighted by atomic mass is 16.6. The summed E-state index contributed by atoms with van der Waals surface area (Å²) >= 11 is 0. The van der Waals surface area contributed by atoms with Gasteiger partial charge in [-0.1, -0.05) is 90.1 Å². The van der Waals surface area contributed by atoms with E-state index in [-0.39, 0.29) is 22.0 Å². The molecule has 3 heteroatoms. The largest absolute Gasteiger partial charge is 0.375 e. The SMILES string of the molecule is CC(C)(C)c1ccc(C2(COCC3(c4ccc(C(C)(C)C)cc4)CO3)CO2)cc1. The van der Waals surface area contributed by atoms with Crippen molar-refractivity contribution in [3.05, 3.63) is 70.8 Å². The first-order valence-corrected chi connectivity index (χ1v) is 10.6. The van der Waals surface area contributed by atoms with Crippen molar-refractivity contribution in [1.29, 1.82) is 0 Å². The minimum atomic E-state index is -0.289. The number of benzene rings is 2. The topological polar surface area (TPSA) is 34.3 Å². The van der Waals surface area contributed by atoms with Gasteiger partial charge in [0, 0.05) is 0 Å². The van der Waals surface area contributed by atoms with Gasteiger partial charge in [-0.25, -0.2) is 0 Å². The van der Waals surface area contributed by atoms with E-state index in [1.165, 1.54) is 22.3 Å². The molecule has 2 heterocycles. The van der Waals surface area contributed by atoms with E-state index < -0.39 is 0 Å². The van der Waals surface area contributed by atoms with Gasteiger partial charge in [0.2, 0.25) is 0 Å². The van der Waals surface area contributed by atoms with Crippen LogP contribution in [-0.2, 0) is 36.2 Å². The molecule has 2 aromatic carbocycles. The van der Waals surface area contributed by atoms with Gasteiger partial charge in [-0.05, 0) is 33.1 Å². The lowest BCUT2D eigenvalue weighted by molar-refractivity contribution is 0.0403. The van der Waals surface area contributed by atoms with Gasteiger partial charge in [-0.15, -0.1) is 0 Å². The maximum absolute atomic E-state index is 6.14. The van der Waals surface area contributed by atoms with Crippen LogP contribution in [0.1, 0.15) is 63.8 Å². The van der Waals surface area contributed by atoms with Crippen LogP contribution in [0.5, 0.6) is 0 Å². The lowest BCUT2D eigenvalue weighted by Crippen LogP contribution is -2.24. The molecule has 2 aromatic rings. The van der Waals surface area contributed by atoms with E-state index in [0.29, 0.717) is 13.2 Å². The summed E-state index contributed by atoms with van der Waals surface area (Å²) in [5.74, 6) is 0. The molecule has 0 aromatic heterocycles. The lowest BCUT2D eigenvalue weighted by Gasteiger charge is -2.21. The average molecular weight is 395 g/mol. The molecule has 0 spiro atoms. The normalized spacial score (nSPS) is 26.4. The molecule has 0 amide bonds. The molecule has 2 aliphatic heterocycles. The Morgan fingerprint density at radius 2 is 0.966 bits per heavy atom. The van der Waals surface area contributed by atoms with Gasteiger partial charge >= 0.3 is 0 Å². The van der Waals surface area contributed by atoms with Crippen LogP contribution in [0.15, 0.2) is 48.5 Å². The number of epoxide rings is 2. The van der Waals surface area contributed by atoms with Crippen LogP contribution in [-0.4, -0.2) is 26.4 Å². The van der Waals surface area contributed by atoms with Crippen molar-refractivity contribution in [3.63, 3.8) is 0 Å². The number of hydrogen-bond acceptors (Lipinski definition) is 3. The van der Waals surface area contributed by atoms with E-state index in [4.69, 9.17) is 14.2 Å². The number of ether oxygens (including phenoxy) is 3. The maximum atomic E-state index is 6.14. The molecule has 0 saturated carbocycles. The van der Waals surface area contributed by atoms with Gasteiger partial charge in [-0.2, -0.15) is 0 Å². The highest BCUT2D eigenvalue weighted by Crippen LogP contribution is 2.43. The fraction of sp³-hybridized carbons (Fsp3) is 0.538. The Morgan fingerprint density at radius 1 is 0.655 bits per heavy atom. The van der Waals surface area contributed by atoms with E-state index in [1.54, 1.807) is 0 Å². The Hall–Kier alpha value is -1.68. The van der Waals surface area contributed by atoms with Crippen LogP contribution >= 0.6 is 0 Å². The van der Waals surface area contributed by atoms with Crippen LogP contribution in [0.3, 0.4) is 0 Å². The molecular weight excluding hydrogens is 360 g/mol. The summed E-state index contributed by atoms with van der Waals surface area (Å²) in [7, 11) is 0. The predicted molar refractivity (Wildman–Crippen MR) is 116 cm³/mol.